The van der Waals surface area contributed by atoms with Gasteiger partial charge >= 0.3 is 0 Å². The molecule has 0 heterocycles. The van der Waals surface area contributed by atoms with Crippen LogP contribution in [0.2, 0.25) is 0 Å². The SMILES string of the molecule is CCOc1ccc(/C=C/c2ccc(CCc3ccc(CC(C)c4ccccc4)cc3)cc2)c(F)c1. The number of benzene rings is 4. The van der Waals surface area contributed by atoms with Crippen LogP contribution in [0.5, 0.6) is 5.75 Å². The van der Waals surface area contributed by atoms with Gasteiger partial charge in [0, 0.05) is 11.6 Å². The molecule has 2 heteroatoms. The number of hydrogen-bond donors (Lipinski definition) is 0. The summed E-state index contributed by atoms with van der Waals surface area (Å²) in [7, 11) is 0. The third-order valence-corrected chi connectivity index (χ3v) is 6.35. The van der Waals surface area contributed by atoms with Crippen molar-refractivity contribution in [1.29, 1.82) is 0 Å². The summed E-state index contributed by atoms with van der Waals surface area (Å²) in [4.78, 5) is 0. The van der Waals surface area contributed by atoms with Crippen LogP contribution >= 0.6 is 0 Å². The minimum Gasteiger partial charge on any atom is -0.494 e. The Balaban J connectivity index is 1.28. The highest BCUT2D eigenvalue weighted by Crippen LogP contribution is 2.21. The van der Waals surface area contributed by atoms with Crippen molar-refractivity contribution >= 4 is 12.2 Å². The minimum absolute atomic E-state index is 0.274. The lowest BCUT2D eigenvalue weighted by molar-refractivity contribution is 0.338. The molecule has 0 fully saturated rings. The Labute approximate surface area is 208 Å². The molecule has 0 saturated carbocycles. The average molecular weight is 465 g/mol. The molecule has 0 aliphatic rings. The molecule has 0 saturated heterocycles. The molecule has 0 aliphatic heterocycles. The highest BCUT2D eigenvalue weighted by molar-refractivity contribution is 5.70. The van der Waals surface area contributed by atoms with E-state index in [4.69, 9.17) is 4.74 Å². The van der Waals surface area contributed by atoms with Crippen LogP contribution in [0.1, 0.15) is 53.1 Å². The summed E-state index contributed by atoms with van der Waals surface area (Å²) in [6.07, 6.45) is 6.82. The standard InChI is InChI=1S/C33H33FO/c1-3-35-32-22-21-31(33(34)24-32)20-19-28-13-11-26(12-14-28)9-10-27-15-17-29(18-16-27)23-25(2)30-7-5-4-6-8-30/h4-8,11-22,24-25H,3,9-10,23H2,1-2H3/b20-19+. The van der Waals surface area contributed by atoms with Gasteiger partial charge < -0.3 is 4.74 Å². The molecule has 4 aromatic carbocycles. The summed E-state index contributed by atoms with van der Waals surface area (Å²) in [6.45, 7) is 4.71. The second-order valence-corrected chi connectivity index (χ2v) is 9.02. The van der Waals surface area contributed by atoms with Crippen molar-refractivity contribution in [3.05, 3.63) is 136 Å². The van der Waals surface area contributed by atoms with Crippen molar-refractivity contribution in [2.75, 3.05) is 6.61 Å². The predicted molar refractivity (Wildman–Crippen MR) is 145 cm³/mol. The maximum absolute atomic E-state index is 14.2. The van der Waals surface area contributed by atoms with E-state index in [-0.39, 0.29) is 5.82 Å². The van der Waals surface area contributed by atoms with Gasteiger partial charge in [-0.2, -0.15) is 0 Å². The molecule has 178 valence electrons. The molecular weight excluding hydrogens is 431 g/mol. The maximum atomic E-state index is 14.2. The highest BCUT2D eigenvalue weighted by atomic mass is 19.1. The monoisotopic (exact) mass is 464 g/mol. The second-order valence-electron chi connectivity index (χ2n) is 9.02. The number of hydrogen-bond acceptors (Lipinski definition) is 1. The number of ether oxygens (including phenoxy) is 1. The number of halogens is 1. The molecule has 0 spiro atoms. The Morgan fingerprint density at radius 3 is 2.00 bits per heavy atom. The molecule has 0 radical (unpaired) electrons. The topological polar surface area (TPSA) is 9.23 Å². The zero-order valence-electron chi connectivity index (χ0n) is 20.6. The van der Waals surface area contributed by atoms with E-state index in [1.54, 1.807) is 18.2 Å². The fourth-order valence-corrected chi connectivity index (χ4v) is 4.26. The van der Waals surface area contributed by atoms with Crippen molar-refractivity contribution in [3.8, 4) is 5.75 Å². The van der Waals surface area contributed by atoms with Crippen LogP contribution < -0.4 is 4.74 Å². The first-order valence-corrected chi connectivity index (χ1v) is 12.4. The number of rotatable bonds is 10. The molecule has 0 amide bonds. The van der Waals surface area contributed by atoms with E-state index in [1.165, 1.54) is 28.3 Å². The van der Waals surface area contributed by atoms with Gasteiger partial charge in [-0.25, -0.2) is 4.39 Å². The molecule has 1 unspecified atom stereocenters. The summed E-state index contributed by atoms with van der Waals surface area (Å²) < 4.78 is 19.6. The van der Waals surface area contributed by atoms with Crippen LogP contribution in [-0.2, 0) is 19.3 Å². The molecule has 35 heavy (non-hydrogen) atoms. The molecule has 0 N–H and O–H groups in total. The Morgan fingerprint density at radius 2 is 1.37 bits per heavy atom. The number of aryl methyl sites for hydroxylation is 2. The van der Waals surface area contributed by atoms with Gasteiger partial charge in [-0.3, -0.25) is 0 Å². The van der Waals surface area contributed by atoms with Gasteiger partial charge in [-0.05, 0) is 72.1 Å². The van der Waals surface area contributed by atoms with Crippen molar-refractivity contribution in [2.24, 2.45) is 0 Å². The van der Waals surface area contributed by atoms with Crippen molar-refractivity contribution in [1.82, 2.24) is 0 Å². The highest BCUT2D eigenvalue weighted by Gasteiger charge is 2.06. The third-order valence-electron chi connectivity index (χ3n) is 6.35. The first-order chi connectivity index (χ1) is 17.1. The molecule has 4 aromatic rings. The molecule has 1 atom stereocenters. The van der Waals surface area contributed by atoms with Crippen LogP contribution in [-0.4, -0.2) is 6.61 Å². The van der Waals surface area contributed by atoms with Crippen LogP contribution in [0.4, 0.5) is 4.39 Å². The molecule has 1 nitrogen and oxygen atoms in total. The van der Waals surface area contributed by atoms with Crippen molar-refractivity contribution in [3.63, 3.8) is 0 Å². The van der Waals surface area contributed by atoms with Crippen LogP contribution in [0.15, 0.2) is 97.1 Å². The third kappa shape index (κ3) is 7.16. The lowest BCUT2D eigenvalue weighted by Crippen LogP contribution is -1.99. The van der Waals surface area contributed by atoms with E-state index in [0.717, 1.165) is 24.8 Å². The molecule has 0 bridgehead atoms. The maximum Gasteiger partial charge on any atom is 0.134 e. The van der Waals surface area contributed by atoms with Gasteiger partial charge in [0.1, 0.15) is 11.6 Å². The summed E-state index contributed by atoms with van der Waals surface area (Å²) >= 11 is 0. The zero-order valence-corrected chi connectivity index (χ0v) is 20.6. The Bertz CT molecular complexity index is 1220. The molecule has 0 aromatic heterocycles. The van der Waals surface area contributed by atoms with Gasteiger partial charge in [0.25, 0.3) is 0 Å². The van der Waals surface area contributed by atoms with Crippen LogP contribution in [0.25, 0.3) is 12.2 Å². The van der Waals surface area contributed by atoms with E-state index >= 15 is 0 Å². The quantitative estimate of drug-likeness (QED) is 0.214. The molecule has 0 aliphatic carbocycles. The van der Waals surface area contributed by atoms with Gasteiger partial charge in [0.15, 0.2) is 0 Å². The Morgan fingerprint density at radius 1 is 0.743 bits per heavy atom. The largest absolute Gasteiger partial charge is 0.494 e. The smallest absolute Gasteiger partial charge is 0.134 e. The van der Waals surface area contributed by atoms with E-state index in [9.17, 15) is 4.39 Å². The van der Waals surface area contributed by atoms with Crippen LogP contribution in [0, 0.1) is 5.82 Å². The summed E-state index contributed by atoms with van der Waals surface area (Å²) in [5.74, 6) is 0.799. The van der Waals surface area contributed by atoms with E-state index in [0.29, 0.717) is 23.8 Å². The first kappa shape index (κ1) is 24.5. The van der Waals surface area contributed by atoms with Crippen molar-refractivity contribution < 1.29 is 9.13 Å². The van der Waals surface area contributed by atoms with Gasteiger partial charge in [0.2, 0.25) is 0 Å². The minimum atomic E-state index is -0.274. The van der Waals surface area contributed by atoms with Gasteiger partial charge in [-0.1, -0.05) is 97.9 Å². The second kappa shape index (κ2) is 12.2. The van der Waals surface area contributed by atoms with E-state index in [2.05, 4.69) is 85.8 Å². The van der Waals surface area contributed by atoms with Crippen molar-refractivity contribution in [2.45, 2.75) is 39.0 Å². The van der Waals surface area contributed by atoms with Gasteiger partial charge in [0.05, 0.1) is 6.61 Å². The summed E-state index contributed by atoms with van der Waals surface area (Å²) in [5.41, 5.74) is 7.04. The fraction of sp³-hybridized carbons (Fsp3) is 0.212. The zero-order chi connectivity index (χ0) is 24.5. The van der Waals surface area contributed by atoms with E-state index < -0.39 is 0 Å². The fourth-order valence-electron chi connectivity index (χ4n) is 4.26. The predicted octanol–water partition coefficient (Wildman–Crippen LogP) is 8.53. The Hall–Kier alpha value is -3.65. The van der Waals surface area contributed by atoms with E-state index in [1.807, 2.05) is 13.0 Å². The average Bonchev–Trinajstić information content (AvgIpc) is 2.89. The Kier molecular flexibility index (Phi) is 8.51. The van der Waals surface area contributed by atoms with Crippen LogP contribution in [0.3, 0.4) is 0 Å². The first-order valence-electron chi connectivity index (χ1n) is 12.4. The molecule has 4 rings (SSSR count). The lowest BCUT2D eigenvalue weighted by Gasteiger charge is -2.12. The normalized spacial score (nSPS) is 12.1. The molecular formula is C33H33FO. The summed E-state index contributed by atoms with van der Waals surface area (Å²) in [5, 5.41) is 0. The van der Waals surface area contributed by atoms with Gasteiger partial charge in [-0.15, -0.1) is 0 Å². The lowest BCUT2D eigenvalue weighted by atomic mass is 9.93. The summed E-state index contributed by atoms with van der Waals surface area (Å²) in [6, 6.07) is 33.2.